The van der Waals surface area contributed by atoms with Gasteiger partial charge in [-0.15, -0.1) is 0 Å². The van der Waals surface area contributed by atoms with Gasteiger partial charge in [-0.2, -0.15) is 4.98 Å². The molecule has 5 nitrogen and oxygen atoms in total. The zero-order chi connectivity index (χ0) is 13.4. The first-order chi connectivity index (χ1) is 8.67. The van der Waals surface area contributed by atoms with Crippen LogP contribution < -0.4 is 10.2 Å². The Morgan fingerprint density at radius 2 is 1.94 bits per heavy atom. The van der Waals surface area contributed by atoms with Gasteiger partial charge in [0.2, 0.25) is 5.95 Å². The predicted octanol–water partition coefficient (Wildman–Crippen LogP) is 1.69. The van der Waals surface area contributed by atoms with Crippen LogP contribution in [0, 0.1) is 0 Å². The molecule has 0 radical (unpaired) electrons. The van der Waals surface area contributed by atoms with Crippen molar-refractivity contribution in [2.45, 2.75) is 20.3 Å². The summed E-state index contributed by atoms with van der Waals surface area (Å²) in [6.45, 7) is 8.11. The van der Waals surface area contributed by atoms with Crippen molar-refractivity contribution in [3.05, 3.63) is 12.3 Å². The van der Waals surface area contributed by atoms with Gasteiger partial charge in [-0.05, 0) is 47.0 Å². The minimum atomic E-state index is 0.803. The fraction of sp³-hybridized carbons (Fsp3) is 0.692. The summed E-state index contributed by atoms with van der Waals surface area (Å²) in [7, 11) is 4.17. The summed E-state index contributed by atoms with van der Waals surface area (Å²) in [5.74, 6) is 1.71. The normalized spacial score (nSPS) is 10.7. The van der Waals surface area contributed by atoms with Crippen molar-refractivity contribution >= 4 is 11.8 Å². The lowest BCUT2D eigenvalue weighted by Gasteiger charge is -2.18. The van der Waals surface area contributed by atoms with E-state index in [1.165, 1.54) is 0 Å². The van der Waals surface area contributed by atoms with E-state index in [0.717, 1.165) is 44.4 Å². The first-order valence-electron chi connectivity index (χ1n) is 6.64. The van der Waals surface area contributed by atoms with E-state index in [1.54, 1.807) is 0 Å². The number of hydrogen-bond donors (Lipinski definition) is 1. The summed E-state index contributed by atoms with van der Waals surface area (Å²) in [4.78, 5) is 13.2. The molecule has 0 saturated carbocycles. The highest BCUT2D eigenvalue weighted by Crippen LogP contribution is 2.10. The van der Waals surface area contributed by atoms with Crippen LogP contribution in [0.2, 0.25) is 0 Å². The third-order valence-corrected chi connectivity index (χ3v) is 2.78. The molecule has 1 heterocycles. The van der Waals surface area contributed by atoms with E-state index >= 15 is 0 Å². The van der Waals surface area contributed by atoms with Gasteiger partial charge in [0, 0.05) is 25.8 Å². The molecule has 0 aliphatic rings. The summed E-state index contributed by atoms with van der Waals surface area (Å²) in [6, 6.07) is 1.92. The van der Waals surface area contributed by atoms with Crippen LogP contribution in [0.3, 0.4) is 0 Å². The number of rotatable bonds is 8. The third-order valence-electron chi connectivity index (χ3n) is 2.78. The van der Waals surface area contributed by atoms with Gasteiger partial charge in [-0.1, -0.05) is 0 Å². The van der Waals surface area contributed by atoms with E-state index in [1.807, 2.05) is 12.3 Å². The van der Waals surface area contributed by atoms with E-state index in [9.17, 15) is 0 Å². The zero-order valence-corrected chi connectivity index (χ0v) is 12.0. The van der Waals surface area contributed by atoms with Gasteiger partial charge in [0.05, 0.1) is 0 Å². The molecule has 0 aliphatic carbocycles. The zero-order valence-electron chi connectivity index (χ0n) is 12.0. The predicted molar refractivity (Wildman–Crippen MR) is 77.3 cm³/mol. The molecule has 0 unspecified atom stereocenters. The Balaban J connectivity index is 2.49. The van der Waals surface area contributed by atoms with Crippen LogP contribution in [0.5, 0.6) is 0 Å². The standard InChI is InChI=1S/C13H25N5/c1-5-18(6-2)13-15-10-8-12(16-13)14-9-7-11-17(3)4/h8,10H,5-7,9,11H2,1-4H3,(H,14,15,16). The molecule has 1 aromatic rings. The second kappa shape index (κ2) is 7.87. The molecule has 5 heteroatoms. The first-order valence-corrected chi connectivity index (χ1v) is 6.64. The van der Waals surface area contributed by atoms with E-state index in [4.69, 9.17) is 0 Å². The van der Waals surface area contributed by atoms with Gasteiger partial charge in [-0.25, -0.2) is 4.98 Å². The Hall–Kier alpha value is -1.36. The van der Waals surface area contributed by atoms with Crippen LogP contribution in [0.15, 0.2) is 12.3 Å². The molecular formula is C13H25N5. The fourth-order valence-corrected chi connectivity index (χ4v) is 1.72. The van der Waals surface area contributed by atoms with Crippen LogP contribution in [0.1, 0.15) is 20.3 Å². The second-order valence-electron chi connectivity index (χ2n) is 4.50. The minimum Gasteiger partial charge on any atom is -0.370 e. The summed E-state index contributed by atoms with van der Waals surface area (Å²) in [5, 5.41) is 3.34. The SMILES string of the molecule is CCN(CC)c1nccc(NCCCN(C)C)n1. The smallest absolute Gasteiger partial charge is 0.227 e. The maximum absolute atomic E-state index is 4.52. The van der Waals surface area contributed by atoms with Crippen LogP contribution in [0.25, 0.3) is 0 Å². The molecule has 102 valence electrons. The Morgan fingerprint density at radius 1 is 1.22 bits per heavy atom. The number of nitrogens with zero attached hydrogens (tertiary/aromatic N) is 4. The molecule has 0 saturated heterocycles. The molecule has 18 heavy (non-hydrogen) atoms. The molecule has 0 aliphatic heterocycles. The molecule has 0 spiro atoms. The number of hydrogen-bond acceptors (Lipinski definition) is 5. The molecule has 0 fully saturated rings. The van der Waals surface area contributed by atoms with Crippen LogP contribution in [-0.4, -0.2) is 55.1 Å². The highest BCUT2D eigenvalue weighted by Gasteiger charge is 2.05. The van der Waals surface area contributed by atoms with Crippen molar-refractivity contribution in [2.24, 2.45) is 0 Å². The largest absolute Gasteiger partial charge is 0.370 e. The van der Waals surface area contributed by atoms with E-state index < -0.39 is 0 Å². The second-order valence-corrected chi connectivity index (χ2v) is 4.50. The Bertz CT molecular complexity index is 336. The lowest BCUT2D eigenvalue weighted by Crippen LogP contribution is -2.24. The molecule has 0 atom stereocenters. The molecule has 0 bridgehead atoms. The van der Waals surface area contributed by atoms with Crippen molar-refractivity contribution in [1.82, 2.24) is 14.9 Å². The molecule has 1 aromatic heterocycles. The summed E-state index contributed by atoms with van der Waals surface area (Å²) in [6.07, 6.45) is 2.92. The number of nitrogens with one attached hydrogen (secondary N) is 1. The number of aromatic nitrogens is 2. The monoisotopic (exact) mass is 251 g/mol. The van der Waals surface area contributed by atoms with E-state index in [0.29, 0.717) is 0 Å². The van der Waals surface area contributed by atoms with Gasteiger partial charge in [0.1, 0.15) is 5.82 Å². The van der Waals surface area contributed by atoms with Crippen molar-refractivity contribution in [2.75, 3.05) is 50.5 Å². The molecule has 1 N–H and O–H groups in total. The average molecular weight is 251 g/mol. The molecular weight excluding hydrogens is 226 g/mol. The molecule has 0 aromatic carbocycles. The van der Waals surface area contributed by atoms with E-state index in [-0.39, 0.29) is 0 Å². The van der Waals surface area contributed by atoms with Crippen molar-refractivity contribution in [1.29, 1.82) is 0 Å². The summed E-state index contributed by atoms with van der Waals surface area (Å²) >= 11 is 0. The highest BCUT2D eigenvalue weighted by molar-refractivity contribution is 5.40. The summed E-state index contributed by atoms with van der Waals surface area (Å²) < 4.78 is 0. The van der Waals surface area contributed by atoms with Gasteiger partial charge < -0.3 is 15.1 Å². The van der Waals surface area contributed by atoms with Gasteiger partial charge in [-0.3, -0.25) is 0 Å². The van der Waals surface area contributed by atoms with Gasteiger partial charge >= 0.3 is 0 Å². The maximum Gasteiger partial charge on any atom is 0.227 e. The molecule has 0 amide bonds. The average Bonchev–Trinajstić information content (AvgIpc) is 2.36. The minimum absolute atomic E-state index is 0.803. The number of anilines is 2. The summed E-state index contributed by atoms with van der Waals surface area (Å²) in [5.41, 5.74) is 0. The Kier molecular flexibility index (Phi) is 6.43. The Morgan fingerprint density at radius 3 is 2.56 bits per heavy atom. The van der Waals surface area contributed by atoms with Gasteiger partial charge in [0.15, 0.2) is 0 Å². The van der Waals surface area contributed by atoms with Crippen molar-refractivity contribution in [3.63, 3.8) is 0 Å². The van der Waals surface area contributed by atoms with Crippen LogP contribution >= 0.6 is 0 Å². The first kappa shape index (κ1) is 14.7. The Labute approximate surface area is 110 Å². The third kappa shape index (κ3) is 4.87. The quantitative estimate of drug-likeness (QED) is 0.712. The molecule has 1 rings (SSSR count). The van der Waals surface area contributed by atoms with Crippen LogP contribution in [0.4, 0.5) is 11.8 Å². The van der Waals surface area contributed by atoms with Crippen molar-refractivity contribution < 1.29 is 0 Å². The van der Waals surface area contributed by atoms with Crippen molar-refractivity contribution in [3.8, 4) is 0 Å². The lowest BCUT2D eigenvalue weighted by atomic mass is 10.4. The maximum atomic E-state index is 4.52. The van der Waals surface area contributed by atoms with E-state index in [2.05, 4.69) is 53.0 Å². The lowest BCUT2D eigenvalue weighted by molar-refractivity contribution is 0.405. The van der Waals surface area contributed by atoms with Crippen LogP contribution in [-0.2, 0) is 0 Å². The highest BCUT2D eigenvalue weighted by atomic mass is 15.3. The van der Waals surface area contributed by atoms with Gasteiger partial charge in [0.25, 0.3) is 0 Å². The fourth-order valence-electron chi connectivity index (χ4n) is 1.72. The topological polar surface area (TPSA) is 44.3 Å².